The van der Waals surface area contributed by atoms with Gasteiger partial charge in [-0.1, -0.05) is 0 Å². The molecule has 1 aromatic heterocycles. The molecule has 0 saturated carbocycles. The van der Waals surface area contributed by atoms with Gasteiger partial charge in [-0.2, -0.15) is 0 Å². The summed E-state index contributed by atoms with van der Waals surface area (Å²) in [5.41, 5.74) is 0.458. The van der Waals surface area contributed by atoms with Crippen LogP contribution in [0.2, 0.25) is 0 Å². The number of amides is 1. The molecule has 1 aromatic rings. The number of aliphatic hydroxyl groups is 1. The molecule has 114 valence electrons. The zero-order valence-electron chi connectivity index (χ0n) is 11.1. The number of carbonyl (C=O) groups is 1. The standard InChI is InChI=1S/C10H17N3O5S2/c1-18-5-8(14)4-11-9(15)3-7-6-19-10(12-7)13-20(2,16)17/h6,8,14H,3-5H2,1-2H3,(H,11,15)(H,12,13). The van der Waals surface area contributed by atoms with Crippen LogP contribution >= 0.6 is 11.3 Å². The lowest BCUT2D eigenvalue weighted by molar-refractivity contribution is -0.121. The highest BCUT2D eigenvalue weighted by atomic mass is 32.2. The summed E-state index contributed by atoms with van der Waals surface area (Å²) >= 11 is 1.10. The van der Waals surface area contributed by atoms with Crippen LogP contribution in [0.3, 0.4) is 0 Å². The van der Waals surface area contributed by atoms with Crippen molar-refractivity contribution in [1.82, 2.24) is 10.3 Å². The summed E-state index contributed by atoms with van der Waals surface area (Å²) in [6.45, 7) is 0.227. The lowest BCUT2D eigenvalue weighted by atomic mass is 10.3. The number of hydrogen-bond acceptors (Lipinski definition) is 7. The summed E-state index contributed by atoms with van der Waals surface area (Å²) in [4.78, 5) is 15.6. The summed E-state index contributed by atoms with van der Waals surface area (Å²) in [5, 5.41) is 13.7. The molecule has 0 fully saturated rings. The molecule has 0 spiro atoms. The Hall–Kier alpha value is -1.23. The van der Waals surface area contributed by atoms with Gasteiger partial charge in [-0.15, -0.1) is 11.3 Å². The van der Waals surface area contributed by atoms with Gasteiger partial charge in [-0.3, -0.25) is 9.52 Å². The first-order chi connectivity index (χ1) is 9.30. The third-order valence-corrected chi connectivity index (χ3v) is 3.56. The Labute approximate surface area is 121 Å². The van der Waals surface area contributed by atoms with Gasteiger partial charge in [0.1, 0.15) is 0 Å². The minimum atomic E-state index is -3.37. The molecule has 1 amide bonds. The molecule has 3 N–H and O–H groups in total. The number of ether oxygens (including phenoxy) is 1. The first-order valence-corrected chi connectivity index (χ1v) is 8.43. The highest BCUT2D eigenvalue weighted by Crippen LogP contribution is 2.16. The van der Waals surface area contributed by atoms with E-state index in [1.807, 2.05) is 0 Å². The van der Waals surface area contributed by atoms with E-state index in [9.17, 15) is 18.3 Å². The number of carbonyl (C=O) groups excluding carboxylic acids is 1. The average Bonchev–Trinajstić information content (AvgIpc) is 2.71. The van der Waals surface area contributed by atoms with Crippen molar-refractivity contribution < 1.29 is 23.1 Å². The summed E-state index contributed by atoms with van der Waals surface area (Å²) in [7, 11) is -1.91. The zero-order valence-corrected chi connectivity index (χ0v) is 12.8. The number of sulfonamides is 1. The molecule has 0 aliphatic carbocycles. The number of methoxy groups -OCH3 is 1. The number of aromatic nitrogens is 1. The highest BCUT2D eigenvalue weighted by Gasteiger charge is 2.11. The van der Waals surface area contributed by atoms with Crippen LogP contribution in [0.15, 0.2) is 5.38 Å². The van der Waals surface area contributed by atoms with Crippen LogP contribution in [0, 0.1) is 0 Å². The van der Waals surface area contributed by atoms with Gasteiger partial charge in [0, 0.05) is 19.0 Å². The minimum absolute atomic E-state index is 0.0155. The second-order valence-corrected chi connectivity index (χ2v) is 6.71. The van der Waals surface area contributed by atoms with E-state index in [0.29, 0.717) is 5.69 Å². The van der Waals surface area contributed by atoms with Crippen LogP contribution in [-0.4, -0.2) is 57.0 Å². The lowest BCUT2D eigenvalue weighted by Gasteiger charge is -2.10. The molecule has 8 nitrogen and oxygen atoms in total. The van der Waals surface area contributed by atoms with Gasteiger partial charge in [-0.05, 0) is 0 Å². The second-order valence-electron chi connectivity index (χ2n) is 4.11. The first kappa shape index (κ1) is 16.8. The number of rotatable bonds is 8. The maximum absolute atomic E-state index is 11.6. The summed E-state index contributed by atoms with van der Waals surface area (Å²) in [6.07, 6.45) is 0.279. The minimum Gasteiger partial charge on any atom is -0.389 e. The highest BCUT2D eigenvalue weighted by molar-refractivity contribution is 7.92. The smallest absolute Gasteiger partial charge is 0.231 e. The third-order valence-electron chi connectivity index (χ3n) is 2.06. The third kappa shape index (κ3) is 6.80. The van der Waals surface area contributed by atoms with E-state index >= 15 is 0 Å². The monoisotopic (exact) mass is 323 g/mol. The lowest BCUT2D eigenvalue weighted by Crippen LogP contribution is -2.35. The van der Waals surface area contributed by atoms with Crippen LogP contribution in [0.25, 0.3) is 0 Å². The van der Waals surface area contributed by atoms with Crippen molar-refractivity contribution in [1.29, 1.82) is 0 Å². The molecular formula is C10H17N3O5S2. The Morgan fingerprint density at radius 3 is 2.90 bits per heavy atom. The number of anilines is 1. The number of thiazole rings is 1. The van der Waals surface area contributed by atoms with Gasteiger partial charge in [0.25, 0.3) is 0 Å². The topological polar surface area (TPSA) is 118 Å². The van der Waals surface area contributed by atoms with Crippen molar-refractivity contribution >= 4 is 32.4 Å². The molecule has 0 aliphatic rings. The Balaban J connectivity index is 2.43. The van der Waals surface area contributed by atoms with Crippen LogP contribution in [0.4, 0.5) is 5.13 Å². The second kappa shape index (κ2) is 7.53. The number of aliphatic hydroxyl groups excluding tert-OH is 1. The predicted octanol–water partition coefficient (Wildman–Crippen LogP) is -0.819. The Kier molecular flexibility index (Phi) is 6.33. The van der Waals surface area contributed by atoms with E-state index in [-0.39, 0.29) is 30.6 Å². The number of nitrogens with zero attached hydrogens (tertiary/aromatic N) is 1. The van der Waals surface area contributed by atoms with Gasteiger partial charge >= 0.3 is 0 Å². The molecule has 0 aromatic carbocycles. The SMILES string of the molecule is COCC(O)CNC(=O)Cc1csc(NS(C)(=O)=O)n1. The normalized spacial score (nSPS) is 12.9. The van der Waals surface area contributed by atoms with Crippen LogP contribution in [0.1, 0.15) is 5.69 Å². The van der Waals surface area contributed by atoms with Crippen molar-refractivity contribution in [3.05, 3.63) is 11.1 Å². The van der Waals surface area contributed by atoms with Gasteiger partial charge in [-0.25, -0.2) is 13.4 Å². The quantitative estimate of drug-likeness (QED) is 0.575. The molecule has 1 rings (SSSR count). The van der Waals surface area contributed by atoms with Gasteiger partial charge < -0.3 is 15.2 Å². The first-order valence-electron chi connectivity index (χ1n) is 5.66. The van der Waals surface area contributed by atoms with E-state index in [4.69, 9.17) is 4.74 Å². The largest absolute Gasteiger partial charge is 0.389 e. The zero-order chi connectivity index (χ0) is 15.2. The van der Waals surface area contributed by atoms with Gasteiger partial charge in [0.15, 0.2) is 5.13 Å². The van der Waals surface area contributed by atoms with E-state index in [1.54, 1.807) is 5.38 Å². The fourth-order valence-electron chi connectivity index (χ4n) is 1.30. The Morgan fingerprint density at radius 2 is 2.30 bits per heavy atom. The van der Waals surface area contributed by atoms with E-state index in [1.165, 1.54) is 7.11 Å². The van der Waals surface area contributed by atoms with Gasteiger partial charge in [0.2, 0.25) is 15.9 Å². The Morgan fingerprint density at radius 1 is 1.60 bits per heavy atom. The molecule has 0 radical (unpaired) electrons. The molecule has 20 heavy (non-hydrogen) atoms. The maximum Gasteiger partial charge on any atom is 0.231 e. The molecular weight excluding hydrogens is 306 g/mol. The van der Waals surface area contributed by atoms with Crippen molar-refractivity contribution in [3.8, 4) is 0 Å². The molecule has 0 aliphatic heterocycles. The molecule has 0 bridgehead atoms. The molecule has 1 atom stereocenters. The fraction of sp³-hybridized carbons (Fsp3) is 0.600. The maximum atomic E-state index is 11.6. The van der Waals surface area contributed by atoms with E-state index in [0.717, 1.165) is 17.6 Å². The fourth-order valence-corrected chi connectivity index (χ4v) is 2.87. The predicted molar refractivity (Wildman–Crippen MR) is 75.2 cm³/mol. The summed E-state index contributed by atoms with van der Waals surface area (Å²) < 4.78 is 29.0. The molecule has 1 heterocycles. The van der Waals surface area contributed by atoms with Crippen LogP contribution < -0.4 is 10.0 Å². The molecule has 1 unspecified atom stereocenters. The number of hydrogen-bond donors (Lipinski definition) is 3. The Bertz CT molecular complexity index is 543. The summed E-state index contributed by atoms with van der Waals surface area (Å²) in [5.74, 6) is -0.309. The van der Waals surface area contributed by atoms with Crippen molar-refractivity contribution in [2.45, 2.75) is 12.5 Å². The molecule has 10 heteroatoms. The number of nitrogens with one attached hydrogen (secondary N) is 2. The van der Waals surface area contributed by atoms with Crippen molar-refractivity contribution in [2.75, 3.05) is 31.2 Å². The molecule has 0 saturated heterocycles. The van der Waals surface area contributed by atoms with Gasteiger partial charge in [0.05, 0.1) is 31.1 Å². The van der Waals surface area contributed by atoms with E-state index < -0.39 is 16.1 Å². The average molecular weight is 323 g/mol. The van der Waals surface area contributed by atoms with E-state index in [2.05, 4.69) is 15.0 Å². The van der Waals surface area contributed by atoms with Crippen LogP contribution in [0.5, 0.6) is 0 Å². The van der Waals surface area contributed by atoms with Crippen molar-refractivity contribution in [2.24, 2.45) is 0 Å². The summed E-state index contributed by atoms with van der Waals surface area (Å²) in [6, 6.07) is 0. The van der Waals surface area contributed by atoms with Crippen LogP contribution in [-0.2, 0) is 26.0 Å². The van der Waals surface area contributed by atoms with Crippen molar-refractivity contribution in [3.63, 3.8) is 0 Å².